The second-order valence-electron chi connectivity index (χ2n) is 4.82. The number of ether oxygens (including phenoxy) is 1. The minimum absolute atomic E-state index is 0.687. The highest BCUT2D eigenvalue weighted by Crippen LogP contribution is 2.19. The Morgan fingerprint density at radius 3 is 2.65 bits per heavy atom. The van der Waals surface area contributed by atoms with Gasteiger partial charge in [0.15, 0.2) is 0 Å². The molecule has 2 heteroatoms. The Morgan fingerprint density at radius 2 is 2.06 bits per heavy atom. The van der Waals surface area contributed by atoms with Gasteiger partial charge in [-0.2, -0.15) is 0 Å². The maximum atomic E-state index is 5.10. The number of methoxy groups -OCH3 is 1. The molecule has 2 rings (SSSR count). The summed E-state index contributed by atoms with van der Waals surface area (Å²) in [6.07, 6.45) is 4.93. The van der Waals surface area contributed by atoms with Crippen molar-refractivity contribution in [2.24, 2.45) is 0 Å². The summed E-state index contributed by atoms with van der Waals surface area (Å²) < 4.78 is 5.10. The lowest BCUT2D eigenvalue weighted by molar-refractivity contribution is 0.185. The molecule has 1 aliphatic carbocycles. The molecule has 0 saturated heterocycles. The number of benzene rings is 1. The van der Waals surface area contributed by atoms with Crippen LogP contribution in [-0.2, 0) is 11.3 Å². The van der Waals surface area contributed by atoms with Gasteiger partial charge >= 0.3 is 0 Å². The predicted molar refractivity (Wildman–Crippen MR) is 71.8 cm³/mol. The first-order valence-electron chi connectivity index (χ1n) is 6.26. The molecule has 1 aromatic carbocycles. The molecule has 0 unspecified atom stereocenters. The van der Waals surface area contributed by atoms with E-state index in [0.717, 1.165) is 12.6 Å². The van der Waals surface area contributed by atoms with Crippen molar-refractivity contribution in [1.82, 2.24) is 5.32 Å². The van der Waals surface area contributed by atoms with Crippen LogP contribution in [0.1, 0.15) is 30.9 Å². The second-order valence-corrected chi connectivity index (χ2v) is 4.82. The summed E-state index contributed by atoms with van der Waals surface area (Å²) in [5.41, 5.74) is 3.87. The number of rotatable bonds is 6. The van der Waals surface area contributed by atoms with Crippen LogP contribution < -0.4 is 5.32 Å². The molecule has 2 nitrogen and oxygen atoms in total. The molecule has 0 radical (unpaired) electrons. The average molecular weight is 231 g/mol. The molecule has 0 bridgehead atoms. The number of hydrogen-bond donors (Lipinski definition) is 1. The monoisotopic (exact) mass is 231 g/mol. The van der Waals surface area contributed by atoms with Gasteiger partial charge in [0.05, 0.1) is 6.61 Å². The zero-order valence-electron chi connectivity index (χ0n) is 10.7. The molecular weight excluding hydrogens is 210 g/mol. The first-order valence-corrected chi connectivity index (χ1v) is 6.26. The van der Waals surface area contributed by atoms with Crippen LogP contribution >= 0.6 is 0 Å². The molecule has 92 valence electrons. The van der Waals surface area contributed by atoms with Gasteiger partial charge in [-0.3, -0.25) is 0 Å². The Morgan fingerprint density at radius 1 is 1.35 bits per heavy atom. The smallest absolute Gasteiger partial charge is 0.0713 e. The summed E-state index contributed by atoms with van der Waals surface area (Å²) in [5.74, 6) is 0. The van der Waals surface area contributed by atoms with Crippen LogP contribution in [0.4, 0.5) is 0 Å². The van der Waals surface area contributed by atoms with E-state index < -0.39 is 0 Å². The van der Waals surface area contributed by atoms with Crippen molar-refractivity contribution >= 4 is 6.08 Å². The van der Waals surface area contributed by atoms with Crippen molar-refractivity contribution in [3.8, 4) is 0 Å². The molecule has 17 heavy (non-hydrogen) atoms. The maximum Gasteiger partial charge on any atom is 0.0713 e. The first-order chi connectivity index (χ1) is 8.28. The number of hydrogen-bond acceptors (Lipinski definition) is 2. The Bertz CT molecular complexity index is 376. The summed E-state index contributed by atoms with van der Waals surface area (Å²) in [5, 5.41) is 3.52. The summed E-state index contributed by atoms with van der Waals surface area (Å²) in [6, 6.07) is 9.32. The largest absolute Gasteiger partial charge is 0.380 e. The van der Waals surface area contributed by atoms with Gasteiger partial charge in [-0.1, -0.05) is 35.9 Å². The zero-order chi connectivity index (χ0) is 12.1. The Kier molecular flexibility index (Phi) is 4.35. The van der Waals surface area contributed by atoms with Gasteiger partial charge in [-0.15, -0.1) is 0 Å². The molecule has 0 heterocycles. The molecule has 1 N–H and O–H groups in total. The van der Waals surface area contributed by atoms with Crippen molar-refractivity contribution < 1.29 is 4.74 Å². The third-order valence-corrected chi connectivity index (χ3v) is 2.95. The fraction of sp³-hybridized carbons (Fsp3) is 0.467. The predicted octanol–water partition coefficient (Wildman–Crippen LogP) is 2.99. The van der Waals surface area contributed by atoms with Crippen LogP contribution in [-0.4, -0.2) is 19.7 Å². The van der Waals surface area contributed by atoms with Gasteiger partial charge < -0.3 is 10.1 Å². The van der Waals surface area contributed by atoms with Crippen molar-refractivity contribution in [2.75, 3.05) is 13.7 Å². The van der Waals surface area contributed by atoms with Gasteiger partial charge in [-0.25, -0.2) is 0 Å². The van der Waals surface area contributed by atoms with E-state index in [0.29, 0.717) is 6.61 Å². The highest BCUT2D eigenvalue weighted by Gasteiger charge is 2.19. The highest BCUT2D eigenvalue weighted by atomic mass is 16.5. The summed E-state index contributed by atoms with van der Waals surface area (Å²) >= 11 is 0. The third kappa shape index (κ3) is 4.33. The van der Waals surface area contributed by atoms with Crippen LogP contribution in [0.25, 0.3) is 6.08 Å². The van der Waals surface area contributed by atoms with Crippen molar-refractivity contribution in [1.29, 1.82) is 0 Å². The molecule has 0 amide bonds. The maximum absolute atomic E-state index is 5.10. The molecule has 0 aromatic heterocycles. The highest BCUT2D eigenvalue weighted by molar-refractivity contribution is 5.53. The van der Waals surface area contributed by atoms with E-state index in [1.807, 2.05) is 0 Å². The lowest BCUT2D eigenvalue weighted by Crippen LogP contribution is -2.18. The average Bonchev–Trinajstić information content (AvgIpc) is 3.13. The van der Waals surface area contributed by atoms with Crippen LogP contribution in [0.2, 0.25) is 0 Å². The Balaban J connectivity index is 1.88. The van der Waals surface area contributed by atoms with Crippen molar-refractivity contribution in [3.63, 3.8) is 0 Å². The molecule has 1 saturated carbocycles. The fourth-order valence-electron chi connectivity index (χ4n) is 1.81. The lowest BCUT2D eigenvalue weighted by atomic mass is 10.1. The summed E-state index contributed by atoms with van der Waals surface area (Å²) in [6.45, 7) is 3.87. The van der Waals surface area contributed by atoms with E-state index in [4.69, 9.17) is 4.74 Å². The minimum atomic E-state index is 0.687. The van der Waals surface area contributed by atoms with E-state index in [2.05, 4.69) is 42.6 Å². The van der Waals surface area contributed by atoms with Gasteiger partial charge in [0.25, 0.3) is 0 Å². The summed E-state index contributed by atoms with van der Waals surface area (Å²) in [7, 11) is 1.72. The van der Waals surface area contributed by atoms with Gasteiger partial charge in [0.1, 0.15) is 0 Å². The van der Waals surface area contributed by atoms with Crippen LogP contribution in [0.5, 0.6) is 0 Å². The SMILES string of the molecule is COCc1ccc(C=C(C)CNC2CC2)cc1. The molecule has 0 atom stereocenters. The normalized spacial score (nSPS) is 16.2. The second kappa shape index (κ2) is 5.99. The molecule has 0 spiro atoms. The number of nitrogens with one attached hydrogen (secondary N) is 1. The van der Waals surface area contributed by atoms with Gasteiger partial charge in [0, 0.05) is 19.7 Å². The van der Waals surface area contributed by atoms with E-state index in [1.54, 1.807) is 7.11 Å². The van der Waals surface area contributed by atoms with E-state index in [9.17, 15) is 0 Å². The molecule has 1 fully saturated rings. The van der Waals surface area contributed by atoms with E-state index >= 15 is 0 Å². The van der Waals surface area contributed by atoms with Crippen molar-refractivity contribution in [2.45, 2.75) is 32.4 Å². The van der Waals surface area contributed by atoms with Crippen molar-refractivity contribution in [3.05, 3.63) is 41.0 Å². The van der Waals surface area contributed by atoms with E-state index in [1.165, 1.54) is 29.5 Å². The molecule has 1 aromatic rings. The Labute approximate surface area is 104 Å². The van der Waals surface area contributed by atoms with E-state index in [-0.39, 0.29) is 0 Å². The molecule has 1 aliphatic rings. The van der Waals surface area contributed by atoms with Crippen LogP contribution in [0, 0.1) is 0 Å². The topological polar surface area (TPSA) is 21.3 Å². The van der Waals surface area contributed by atoms with Crippen LogP contribution in [0.15, 0.2) is 29.8 Å². The molecule has 0 aliphatic heterocycles. The van der Waals surface area contributed by atoms with Gasteiger partial charge in [-0.05, 0) is 30.9 Å². The lowest BCUT2D eigenvalue weighted by Gasteiger charge is -2.04. The fourth-order valence-corrected chi connectivity index (χ4v) is 1.81. The van der Waals surface area contributed by atoms with Crippen LogP contribution in [0.3, 0.4) is 0 Å². The van der Waals surface area contributed by atoms with Gasteiger partial charge in [0.2, 0.25) is 0 Å². The zero-order valence-corrected chi connectivity index (χ0v) is 10.7. The third-order valence-electron chi connectivity index (χ3n) is 2.95. The Hall–Kier alpha value is -1.12. The first kappa shape index (κ1) is 12.3. The molecular formula is C15H21NO. The summed E-state index contributed by atoms with van der Waals surface area (Å²) in [4.78, 5) is 0. The quantitative estimate of drug-likeness (QED) is 0.812. The standard InChI is InChI=1S/C15H21NO/c1-12(10-16-15-7-8-15)9-13-3-5-14(6-4-13)11-17-2/h3-6,9,15-16H,7-8,10-11H2,1-2H3. The minimum Gasteiger partial charge on any atom is -0.380 e.